The van der Waals surface area contributed by atoms with Gasteiger partial charge in [0.15, 0.2) is 11.5 Å². The molecular weight excluding hydrogens is 312 g/mol. The largest absolute Gasteiger partial charge is 0.492 e. The van der Waals surface area contributed by atoms with E-state index in [9.17, 15) is 9.59 Å². The van der Waals surface area contributed by atoms with Gasteiger partial charge in [0.1, 0.15) is 0 Å². The van der Waals surface area contributed by atoms with Crippen LogP contribution in [0.15, 0.2) is 58.4 Å². The molecule has 0 aromatic rings. The lowest BCUT2D eigenvalue weighted by Crippen LogP contribution is -2.15. The predicted octanol–water partition coefficient (Wildman–Crippen LogP) is 5.40. The van der Waals surface area contributed by atoms with Crippen molar-refractivity contribution in [2.24, 2.45) is 0 Å². The Balaban J connectivity index is 2.54. The molecule has 0 saturated heterocycles. The minimum atomic E-state index is -0.238. The van der Waals surface area contributed by atoms with Gasteiger partial charge in [-0.2, -0.15) is 0 Å². The molecule has 3 nitrogen and oxygen atoms in total. The first-order valence-corrected chi connectivity index (χ1v) is 8.83. The number of hydrogen-bond acceptors (Lipinski definition) is 3. The van der Waals surface area contributed by atoms with Gasteiger partial charge in [-0.05, 0) is 72.0 Å². The zero-order valence-electron chi connectivity index (χ0n) is 16.1. The van der Waals surface area contributed by atoms with E-state index in [2.05, 4.69) is 39.8 Å². The third kappa shape index (κ3) is 7.51. The lowest BCUT2D eigenvalue weighted by Gasteiger charge is -2.12. The van der Waals surface area contributed by atoms with Crippen LogP contribution >= 0.6 is 0 Å². The third-order valence-corrected chi connectivity index (χ3v) is 4.16. The van der Waals surface area contributed by atoms with E-state index in [-0.39, 0.29) is 17.3 Å². The highest BCUT2D eigenvalue weighted by atomic mass is 16.5. The Bertz CT molecular complexity index is 651. The van der Waals surface area contributed by atoms with Crippen LogP contribution in [0.4, 0.5) is 0 Å². The summed E-state index contributed by atoms with van der Waals surface area (Å²) in [5, 5.41) is 0. The highest BCUT2D eigenvalue weighted by Gasteiger charge is 2.22. The molecule has 0 aliphatic heterocycles. The number of hydrogen-bond donors (Lipinski definition) is 0. The average Bonchev–Trinajstić information content (AvgIpc) is 2.55. The molecule has 3 heteroatoms. The molecule has 25 heavy (non-hydrogen) atoms. The van der Waals surface area contributed by atoms with Crippen LogP contribution in [0.25, 0.3) is 0 Å². The molecule has 136 valence electrons. The van der Waals surface area contributed by atoms with Gasteiger partial charge in [-0.1, -0.05) is 34.9 Å². The summed E-state index contributed by atoms with van der Waals surface area (Å²) in [5.41, 5.74) is 4.43. The first kappa shape index (κ1) is 20.9. The fourth-order valence-electron chi connectivity index (χ4n) is 2.62. The van der Waals surface area contributed by atoms with Crippen molar-refractivity contribution >= 4 is 11.6 Å². The molecule has 1 aliphatic rings. The van der Waals surface area contributed by atoms with Gasteiger partial charge in [0, 0.05) is 5.57 Å². The van der Waals surface area contributed by atoms with Crippen LogP contribution in [0.5, 0.6) is 0 Å². The first-order chi connectivity index (χ1) is 11.8. The van der Waals surface area contributed by atoms with Gasteiger partial charge in [-0.15, -0.1) is 0 Å². The number of ether oxygens (including phenoxy) is 1. The van der Waals surface area contributed by atoms with Crippen molar-refractivity contribution < 1.29 is 14.3 Å². The minimum Gasteiger partial charge on any atom is -0.492 e. The first-order valence-electron chi connectivity index (χ1n) is 8.83. The van der Waals surface area contributed by atoms with E-state index in [1.54, 1.807) is 0 Å². The average molecular weight is 342 g/mol. The van der Waals surface area contributed by atoms with Crippen LogP contribution in [0, 0.1) is 0 Å². The number of carbonyl (C=O) groups excluding carboxylic acids is 2. The lowest BCUT2D eigenvalue weighted by atomic mass is 9.97. The molecule has 0 fully saturated rings. The number of methoxy groups -OCH3 is 1. The van der Waals surface area contributed by atoms with Gasteiger partial charge < -0.3 is 4.74 Å². The van der Waals surface area contributed by atoms with E-state index < -0.39 is 0 Å². The second-order valence-electron chi connectivity index (χ2n) is 6.74. The van der Waals surface area contributed by atoms with Crippen LogP contribution in [-0.2, 0) is 14.3 Å². The van der Waals surface area contributed by atoms with Gasteiger partial charge in [0.2, 0.25) is 5.78 Å². The van der Waals surface area contributed by atoms with Gasteiger partial charge in [-0.25, -0.2) is 0 Å². The Labute approximate surface area is 151 Å². The third-order valence-electron chi connectivity index (χ3n) is 4.16. The zero-order chi connectivity index (χ0) is 18.8. The van der Waals surface area contributed by atoms with Crippen LogP contribution in [0.3, 0.4) is 0 Å². The van der Waals surface area contributed by atoms with Crippen molar-refractivity contribution in [3.63, 3.8) is 0 Å². The molecule has 0 unspecified atom stereocenters. The van der Waals surface area contributed by atoms with Gasteiger partial charge in [0.25, 0.3) is 0 Å². The van der Waals surface area contributed by atoms with Crippen LogP contribution in [0.1, 0.15) is 59.8 Å². The summed E-state index contributed by atoms with van der Waals surface area (Å²) in [7, 11) is 1.43. The standard InChI is InChI=1S/C22H30O3/c1-16(2)8-6-9-17(3)10-7-11-18(4)12-13-19-20(23)14-15-21(24)22(19)25-5/h8,10,12,14-15H,6-7,9,11,13H2,1-5H3/b17-10+,18-12+. The van der Waals surface area contributed by atoms with Crippen molar-refractivity contribution in [1.82, 2.24) is 0 Å². The molecule has 1 rings (SSSR count). The number of allylic oxidation sites excluding steroid dienone is 9. The Kier molecular flexibility index (Phi) is 8.90. The highest BCUT2D eigenvalue weighted by Crippen LogP contribution is 2.20. The Morgan fingerprint density at radius 2 is 1.44 bits per heavy atom. The van der Waals surface area contributed by atoms with Crippen molar-refractivity contribution in [2.45, 2.75) is 59.8 Å². The van der Waals surface area contributed by atoms with Crippen molar-refractivity contribution in [2.75, 3.05) is 7.11 Å². The molecule has 0 N–H and O–H groups in total. The summed E-state index contributed by atoms with van der Waals surface area (Å²) in [4.78, 5) is 23.7. The van der Waals surface area contributed by atoms with E-state index in [0.29, 0.717) is 12.0 Å². The molecule has 0 heterocycles. The summed E-state index contributed by atoms with van der Waals surface area (Å²) in [5.74, 6) is -0.208. The monoisotopic (exact) mass is 342 g/mol. The summed E-state index contributed by atoms with van der Waals surface area (Å²) in [6.45, 7) is 8.48. The molecule has 1 aliphatic carbocycles. The molecule has 0 spiro atoms. The molecule has 0 saturated carbocycles. The topological polar surface area (TPSA) is 43.4 Å². The summed E-state index contributed by atoms with van der Waals surface area (Å²) in [6.07, 6.45) is 13.7. The summed E-state index contributed by atoms with van der Waals surface area (Å²) >= 11 is 0. The van der Waals surface area contributed by atoms with E-state index >= 15 is 0 Å². The number of carbonyl (C=O) groups is 2. The SMILES string of the molecule is COC1=C(C/C=C(\C)CC/C=C(\C)CCC=C(C)C)C(=O)C=CC1=O. The summed E-state index contributed by atoms with van der Waals surface area (Å²) < 4.78 is 5.10. The Hall–Kier alpha value is -2.16. The van der Waals surface area contributed by atoms with E-state index in [4.69, 9.17) is 4.74 Å². The maximum atomic E-state index is 12.0. The van der Waals surface area contributed by atoms with Crippen molar-refractivity contribution in [3.8, 4) is 0 Å². The molecule has 0 aromatic heterocycles. The molecule has 0 aromatic carbocycles. The smallest absolute Gasteiger partial charge is 0.220 e. The fourth-order valence-corrected chi connectivity index (χ4v) is 2.62. The molecule has 0 atom stereocenters. The molecule has 0 amide bonds. The number of ketones is 2. The minimum absolute atomic E-state index is 0.143. The normalized spacial score (nSPS) is 15.7. The van der Waals surface area contributed by atoms with Crippen LogP contribution in [0.2, 0.25) is 0 Å². The molecule has 0 bridgehead atoms. The quantitative estimate of drug-likeness (QED) is 0.416. The maximum absolute atomic E-state index is 12.0. The zero-order valence-corrected chi connectivity index (χ0v) is 16.1. The maximum Gasteiger partial charge on any atom is 0.220 e. The Morgan fingerprint density at radius 1 is 0.880 bits per heavy atom. The van der Waals surface area contributed by atoms with E-state index in [0.717, 1.165) is 25.7 Å². The molecular formula is C22H30O3. The Morgan fingerprint density at radius 3 is 2.04 bits per heavy atom. The second-order valence-corrected chi connectivity index (χ2v) is 6.74. The van der Waals surface area contributed by atoms with E-state index in [1.807, 2.05) is 6.08 Å². The van der Waals surface area contributed by atoms with Gasteiger partial charge in [-0.3, -0.25) is 9.59 Å². The van der Waals surface area contributed by atoms with Crippen LogP contribution < -0.4 is 0 Å². The molecule has 0 radical (unpaired) electrons. The van der Waals surface area contributed by atoms with Gasteiger partial charge in [0.05, 0.1) is 7.11 Å². The lowest BCUT2D eigenvalue weighted by molar-refractivity contribution is -0.117. The fraction of sp³-hybridized carbons (Fsp3) is 0.455. The number of rotatable bonds is 9. The van der Waals surface area contributed by atoms with Crippen molar-refractivity contribution in [1.29, 1.82) is 0 Å². The van der Waals surface area contributed by atoms with Crippen molar-refractivity contribution in [3.05, 3.63) is 58.4 Å². The highest BCUT2D eigenvalue weighted by molar-refractivity contribution is 6.19. The van der Waals surface area contributed by atoms with E-state index in [1.165, 1.54) is 36.0 Å². The van der Waals surface area contributed by atoms with Crippen LogP contribution in [-0.4, -0.2) is 18.7 Å². The second kappa shape index (κ2) is 10.7. The predicted molar refractivity (Wildman–Crippen MR) is 103 cm³/mol. The summed E-state index contributed by atoms with van der Waals surface area (Å²) in [6, 6.07) is 0. The van der Waals surface area contributed by atoms with Gasteiger partial charge >= 0.3 is 0 Å².